The summed E-state index contributed by atoms with van der Waals surface area (Å²) in [5.74, 6) is -0.973. The first-order valence-corrected chi connectivity index (χ1v) is 6.38. The van der Waals surface area contributed by atoms with E-state index in [0.717, 1.165) is 0 Å². The summed E-state index contributed by atoms with van der Waals surface area (Å²) in [6.07, 6.45) is 0. The quantitative estimate of drug-likeness (QED) is 0.557. The molecule has 0 spiro atoms. The van der Waals surface area contributed by atoms with E-state index in [1.165, 1.54) is 24.3 Å². The smallest absolute Gasteiger partial charge is 0.323 e. The number of aromatic hydroxyl groups is 2. The monoisotopic (exact) mass is 301 g/mol. The number of carbonyl (C=O) groups excluding carboxylic acids is 2. The zero-order chi connectivity index (χ0) is 16.3. The Bertz CT molecular complexity index is 723. The fourth-order valence-corrected chi connectivity index (χ4v) is 1.87. The third-order valence-corrected chi connectivity index (χ3v) is 3.02. The standard InChI is InChI=1S/C15H15N3O4/c1-8-3-2-4-12(20)13(8)18-15(22)17-10-7-9(14(16)21)5-6-11(10)19/h2-7,19-20H,1H3,(H2,16,21)(H2,17,18,22). The number of nitrogens with two attached hydrogens (primary N) is 1. The van der Waals surface area contributed by atoms with Gasteiger partial charge in [-0.1, -0.05) is 12.1 Å². The summed E-state index contributed by atoms with van der Waals surface area (Å²) in [7, 11) is 0. The molecule has 0 radical (unpaired) electrons. The molecule has 7 nitrogen and oxygen atoms in total. The molecule has 0 bridgehead atoms. The fourth-order valence-electron chi connectivity index (χ4n) is 1.87. The molecule has 0 aliphatic heterocycles. The Kier molecular flexibility index (Phi) is 4.17. The Morgan fingerprint density at radius 2 is 1.77 bits per heavy atom. The normalized spacial score (nSPS) is 10.0. The van der Waals surface area contributed by atoms with E-state index >= 15 is 0 Å². The van der Waals surface area contributed by atoms with Crippen molar-refractivity contribution in [3.8, 4) is 11.5 Å². The van der Waals surface area contributed by atoms with Gasteiger partial charge in [0.25, 0.3) is 0 Å². The first kappa shape index (κ1) is 15.2. The Balaban J connectivity index is 2.19. The van der Waals surface area contributed by atoms with Gasteiger partial charge in [-0.25, -0.2) is 4.79 Å². The lowest BCUT2D eigenvalue weighted by Gasteiger charge is -2.12. The zero-order valence-electron chi connectivity index (χ0n) is 11.8. The molecule has 0 aliphatic rings. The molecule has 0 aromatic heterocycles. The zero-order valence-corrected chi connectivity index (χ0v) is 11.8. The molecule has 0 saturated heterocycles. The van der Waals surface area contributed by atoms with Crippen LogP contribution in [0.5, 0.6) is 11.5 Å². The number of carbonyl (C=O) groups is 2. The number of benzene rings is 2. The van der Waals surface area contributed by atoms with Crippen molar-refractivity contribution in [1.29, 1.82) is 0 Å². The summed E-state index contributed by atoms with van der Waals surface area (Å²) in [6.45, 7) is 1.72. The van der Waals surface area contributed by atoms with E-state index in [1.807, 2.05) is 0 Å². The van der Waals surface area contributed by atoms with Crippen molar-refractivity contribution in [2.75, 3.05) is 10.6 Å². The van der Waals surface area contributed by atoms with Gasteiger partial charge in [-0.2, -0.15) is 0 Å². The van der Waals surface area contributed by atoms with Crippen molar-refractivity contribution < 1.29 is 19.8 Å². The first-order chi connectivity index (χ1) is 10.4. The van der Waals surface area contributed by atoms with Crippen LogP contribution >= 0.6 is 0 Å². The predicted octanol–water partition coefficient (Wildman–Crippen LogP) is 2.15. The lowest BCUT2D eigenvalue weighted by molar-refractivity contribution is 0.100. The van der Waals surface area contributed by atoms with Gasteiger partial charge in [0, 0.05) is 5.56 Å². The molecule has 3 amide bonds. The number of amides is 3. The summed E-state index contributed by atoms with van der Waals surface area (Å²) in [6, 6.07) is 7.98. The number of phenols is 2. The molecule has 2 rings (SSSR count). The van der Waals surface area contributed by atoms with E-state index < -0.39 is 11.9 Å². The van der Waals surface area contributed by atoms with E-state index in [1.54, 1.807) is 19.1 Å². The van der Waals surface area contributed by atoms with Crippen molar-refractivity contribution in [3.63, 3.8) is 0 Å². The third-order valence-electron chi connectivity index (χ3n) is 3.02. The van der Waals surface area contributed by atoms with Gasteiger partial charge in [0.1, 0.15) is 11.5 Å². The number of para-hydroxylation sites is 1. The van der Waals surface area contributed by atoms with Crippen LogP contribution in [0.15, 0.2) is 36.4 Å². The summed E-state index contributed by atoms with van der Waals surface area (Å²) >= 11 is 0. The SMILES string of the molecule is Cc1cccc(O)c1NC(=O)Nc1cc(C(N)=O)ccc1O. The summed E-state index contributed by atoms with van der Waals surface area (Å²) < 4.78 is 0. The van der Waals surface area contributed by atoms with Gasteiger partial charge in [0.15, 0.2) is 0 Å². The third kappa shape index (κ3) is 3.26. The number of aryl methyl sites for hydroxylation is 1. The lowest BCUT2D eigenvalue weighted by Crippen LogP contribution is -2.20. The average molecular weight is 301 g/mol. The molecule has 114 valence electrons. The molecule has 0 saturated carbocycles. The van der Waals surface area contributed by atoms with Crippen LogP contribution in [-0.4, -0.2) is 22.2 Å². The minimum atomic E-state index is -0.681. The van der Waals surface area contributed by atoms with Crippen molar-refractivity contribution >= 4 is 23.3 Å². The average Bonchev–Trinajstić information content (AvgIpc) is 2.45. The van der Waals surface area contributed by atoms with Crippen molar-refractivity contribution in [2.24, 2.45) is 5.73 Å². The van der Waals surface area contributed by atoms with Crippen molar-refractivity contribution in [3.05, 3.63) is 47.5 Å². The molecular formula is C15H15N3O4. The lowest BCUT2D eigenvalue weighted by atomic mass is 10.1. The number of anilines is 2. The second kappa shape index (κ2) is 6.04. The molecule has 22 heavy (non-hydrogen) atoms. The largest absolute Gasteiger partial charge is 0.506 e. The molecule has 0 aliphatic carbocycles. The number of nitrogens with one attached hydrogen (secondary N) is 2. The minimum absolute atomic E-state index is 0.0295. The molecule has 0 heterocycles. The summed E-state index contributed by atoms with van der Waals surface area (Å²) in [4.78, 5) is 23.1. The van der Waals surface area contributed by atoms with E-state index in [-0.39, 0.29) is 28.4 Å². The van der Waals surface area contributed by atoms with Gasteiger partial charge in [0.2, 0.25) is 5.91 Å². The minimum Gasteiger partial charge on any atom is -0.506 e. The van der Waals surface area contributed by atoms with Crippen LogP contribution in [0.3, 0.4) is 0 Å². The van der Waals surface area contributed by atoms with Gasteiger partial charge < -0.3 is 26.6 Å². The molecular weight excluding hydrogens is 286 g/mol. The van der Waals surface area contributed by atoms with Crippen LogP contribution in [0.25, 0.3) is 0 Å². The number of primary amides is 1. The molecule has 6 N–H and O–H groups in total. The van der Waals surface area contributed by atoms with Crippen LogP contribution in [0.2, 0.25) is 0 Å². The Labute approximate surface area is 126 Å². The Morgan fingerprint density at radius 3 is 2.41 bits per heavy atom. The van der Waals surface area contributed by atoms with Crippen LogP contribution < -0.4 is 16.4 Å². The Morgan fingerprint density at radius 1 is 1.05 bits per heavy atom. The number of urea groups is 1. The van der Waals surface area contributed by atoms with Gasteiger partial charge in [-0.05, 0) is 36.8 Å². The molecule has 7 heteroatoms. The highest BCUT2D eigenvalue weighted by atomic mass is 16.3. The van der Waals surface area contributed by atoms with Crippen LogP contribution in [0.4, 0.5) is 16.2 Å². The second-order valence-corrected chi connectivity index (χ2v) is 4.64. The number of phenolic OH excluding ortho intramolecular Hbond substituents is 2. The maximum atomic E-state index is 12.0. The molecule has 0 unspecified atom stereocenters. The highest BCUT2D eigenvalue weighted by Gasteiger charge is 2.12. The Hall–Kier alpha value is -3.22. The van der Waals surface area contributed by atoms with Crippen LogP contribution in [0.1, 0.15) is 15.9 Å². The van der Waals surface area contributed by atoms with E-state index in [2.05, 4.69) is 10.6 Å². The molecule has 0 fully saturated rings. The first-order valence-electron chi connectivity index (χ1n) is 6.38. The highest BCUT2D eigenvalue weighted by Crippen LogP contribution is 2.28. The topological polar surface area (TPSA) is 125 Å². The van der Waals surface area contributed by atoms with Crippen LogP contribution in [0, 0.1) is 6.92 Å². The van der Waals surface area contributed by atoms with Gasteiger partial charge in [-0.15, -0.1) is 0 Å². The number of hydrogen-bond acceptors (Lipinski definition) is 4. The molecule has 2 aromatic carbocycles. The van der Waals surface area contributed by atoms with E-state index in [9.17, 15) is 19.8 Å². The fraction of sp³-hybridized carbons (Fsp3) is 0.0667. The van der Waals surface area contributed by atoms with Gasteiger partial charge in [0.05, 0.1) is 11.4 Å². The highest BCUT2D eigenvalue weighted by molar-refractivity contribution is 6.03. The molecule has 0 atom stereocenters. The number of rotatable bonds is 3. The van der Waals surface area contributed by atoms with Gasteiger partial charge in [-0.3, -0.25) is 4.79 Å². The number of hydrogen-bond donors (Lipinski definition) is 5. The second-order valence-electron chi connectivity index (χ2n) is 4.64. The van der Waals surface area contributed by atoms with E-state index in [4.69, 9.17) is 5.73 Å². The molecule has 2 aromatic rings. The van der Waals surface area contributed by atoms with Crippen molar-refractivity contribution in [2.45, 2.75) is 6.92 Å². The van der Waals surface area contributed by atoms with Crippen molar-refractivity contribution in [1.82, 2.24) is 0 Å². The summed E-state index contributed by atoms with van der Waals surface area (Å²) in [5.41, 5.74) is 6.25. The maximum Gasteiger partial charge on any atom is 0.323 e. The van der Waals surface area contributed by atoms with Crippen LogP contribution in [-0.2, 0) is 0 Å². The maximum absolute atomic E-state index is 12.0. The summed E-state index contributed by atoms with van der Waals surface area (Å²) in [5, 5.41) is 24.3. The van der Waals surface area contributed by atoms with Gasteiger partial charge >= 0.3 is 6.03 Å². The predicted molar refractivity (Wildman–Crippen MR) is 82.1 cm³/mol. The van der Waals surface area contributed by atoms with E-state index in [0.29, 0.717) is 5.56 Å².